The van der Waals surface area contributed by atoms with Crippen molar-refractivity contribution in [1.29, 1.82) is 0 Å². The molecule has 1 saturated carbocycles. The molecule has 2 bridgehead atoms. The van der Waals surface area contributed by atoms with Gasteiger partial charge in [-0.1, -0.05) is 13.8 Å². The first-order chi connectivity index (χ1) is 5.61. The highest BCUT2D eigenvalue weighted by molar-refractivity contribution is 5.90. The fourth-order valence-corrected chi connectivity index (χ4v) is 2.18. The minimum atomic E-state index is -0.176. The normalized spacial score (nSPS) is 46.2. The molecule has 0 aromatic carbocycles. The third-order valence-electron chi connectivity index (χ3n) is 3.13. The number of hydrogen-bond acceptors (Lipinski definition) is 3. The van der Waals surface area contributed by atoms with Crippen molar-refractivity contribution in [2.24, 2.45) is 17.8 Å². The van der Waals surface area contributed by atoms with Crippen LogP contribution < -0.4 is 0 Å². The molecule has 3 heteroatoms. The molecule has 1 aliphatic heterocycles. The first-order valence-electron chi connectivity index (χ1n) is 4.34. The smallest absolute Gasteiger partial charge is 0.310 e. The SMILES string of the molecule is CC1C(=O)CC2C(=O)O[C@@H]1C2C. The number of carbonyl (C=O) groups excluding carboxylic acids is 2. The Morgan fingerprint density at radius 3 is 2.67 bits per heavy atom. The summed E-state index contributed by atoms with van der Waals surface area (Å²) in [5.74, 6) is -0.0225. The lowest BCUT2D eigenvalue weighted by Crippen LogP contribution is -2.36. The summed E-state index contributed by atoms with van der Waals surface area (Å²) >= 11 is 0. The average molecular weight is 168 g/mol. The Bertz CT molecular complexity index is 244. The third kappa shape index (κ3) is 0.822. The zero-order chi connectivity index (χ0) is 8.88. The molecular formula is C9H12O3. The quantitative estimate of drug-likeness (QED) is 0.502. The van der Waals surface area contributed by atoms with Crippen molar-refractivity contribution in [3.05, 3.63) is 0 Å². The molecule has 4 atom stereocenters. The number of hydrogen-bond donors (Lipinski definition) is 0. The van der Waals surface area contributed by atoms with Gasteiger partial charge in [-0.15, -0.1) is 0 Å². The number of rotatable bonds is 0. The Morgan fingerprint density at radius 2 is 2.00 bits per heavy atom. The van der Waals surface area contributed by atoms with Gasteiger partial charge < -0.3 is 4.74 Å². The van der Waals surface area contributed by atoms with Crippen molar-refractivity contribution in [2.75, 3.05) is 0 Å². The molecule has 2 aliphatic rings. The highest BCUT2D eigenvalue weighted by atomic mass is 16.6. The van der Waals surface area contributed by atoms with Crippen molar-refractivity contribution >= 4 is 11.8 Å². The summed E-state index contributed by atoms with van der Waals surface area (Å²) < 4.78 is 5.12. The molecule has 1 heterocycles. The van der Waals surface area contributed by atoms with E-state index in [2.05, 4.69) is 0 Å². The van der Waals surface area contributed by atoms with E-state index in [1.54, 1.807) is 0 Å². The second-order valence-electron chi connectivity index (χ2n) is 3.83. The zero-order valence-electron chi connectivity index (χ0n) is 7.24. The standard InChI is InChI=1S/C9H12O3/c1-4-6-3-7(10)5(2)8(4)12-9(6)11/h4-6,8H,3H2,1-2H3/t4?,5?,6?,8-/m1/s1. The lowest BCUT2D eigenvalue weighted by molar-refractivity contribution is -0.144. The van der Waals surface area contributed by atoms with Crippen molar-refractivity contribution in [2.45, 2.75) is 26.4 Å². The highest BCUT2D eigenvalue weighted by Crippen LogP contribution is 2.40. The minimum absolute atomic E-state index is 0.0947. The molecule has 0 aromatic heterocycles. The van der Waals surface area contributed by atoms with E-state index in [1.165, 1.54) is 0 Å². The monoisotopic (exact) mass is 168 g/mol. The Labute approximate surface area is 71.1 Å². The Hall–Kier alpha value is -0.860. The number of carbonyl (C=O) groups is 2. The molecule has 2 rings (SSSR count). The molecule has 3 nitrogen and oxygen atoms in total. The van der Waals surface area contributed by atoms with E-state index in [0.29, 0.717) is 6.42 Å². The molecule has 1 saturated heterocycles. The van der Waals surface area contributed by atoms with Crippen LogP contribution in [-0.2, 0) is 14.3 Å². The van der Waals surface area contributed by atoms with Gasteiger partial charge in [-0.2, -0.15) is 0 Å². The van der Waals surface area contributed by atoms with E-state index in [-0.39, 0.29) is 35.6 Å². The van der Waals surface area contributed by atoms with Gasteiger partial charge in [0.2, 0.25) is 0 Å². The molecule has 3 unspecified atom stereocenters. The molecule has 1 aliphatic carbocycles. The molecular weight excluding hydrogens is 156 g/mol. The van der Waals surface area contributed by atoms with Gasteiger partial charge in [0.15, 0.2) is 0 Å². The number of ether oxygens (including phenoxy) is 1. The van der Waals surface area contributed by atoms with Gasteiger partial charge in [0, 0.05) is 12.3 Å². The number of esters is 1. The van der Waals surface area contributed by atoms with E-state index >= 15 is 0 Å². The molecule has 0 N–H and O–H groups in total. The van der Waals surface area contributed by atoms with Gasteiger partial charge in [0.05, 0.1) is 11.8 Å². The summed E-state index contributed by atoms with van der Waals surface area (Å²) in [7, 11) is 0. The van der Waals surface area contributed by atoms with Gasteiger partial charge in [-0.3, -0.25) is 9.59 Å². The fourth-order valence-electron chi connectivity index (χ4n) is 2.18. The lowest BCUT2D eigenvalue weighted by Gasteiger charge is -2.26. The summed E-state index contributed by atoms with van der Waals surface area (Å²) in [6.45, 7) is 3.83. The third-order valence-corrected chi connectivity index (χ3v) is 3.13. The van der Waals surface area contributed by atoms with Crippen LogP contribution in [0.25, 0.3) is 0 Å². The van der Waals surface area contributed by atoms with Crippen molar-refractivity contribution in [1.82, 2.24) is 0 Å². The number of Topliss-reactive ketones (excluding diaryl/α,β-unsaturated/α-hetero) is 1. The van der Waals surface area contributed by atoms with Crippen LogP contribution in [0.2, 0.25) is 0 Å². The largest absolute Gasteiger partial charge is 0.461 e. The first kappa shape index (κ1) is 7.77. The molecule has 66 valence electrons. The van der Waals surface area contributed by atoms with Crippen LogP contribution in [0.3, 0.4) is 0 Å². The fraction of sp³-hybridized carbons (Fsp3) is 0.778. The predicted molar refractivity (Wildman–Crippen MR) is 41.3 cm³/mol. The van der Waals surface area contributed by atoms with Gasteiger partial charge in [0.25, 0.3) is 0 Å². The average Bonchev–Trinajstić information content (AvgIpc) is 2.23. The number of fused-ring (bicyclic) bond motifs is 2. The van der Waals surface area contributed by atoms with E-state index in [9.17, 15) is 9.59 Å². The summed E-state index contributed by atoms with van der Waals surface area (Å²) in [5, 5.41) is 0. The second kappa shape index (κ2) is 2.31. The van der Waals surface area contributed by atoms with Crippen LogP contribution in [0.4, 0.5) is 0 Å². The maximum atomic E-state index is 11.3. The maximum Gasteiger partial charge on any atom is 0.310 e. The summed E-state index contributed by atoms with van der Waals surface area (Å²) in [4.78, 5) is 22.5. The van der Waals surface area contributed by atoms with Crippen molar-refractivity contribution in [3.8, 4) is 0 Å². The zero-order valence-corrected chi connectivity index (χ0v) is 7.24. The van der Waals surface area contributed by atoms with Crippen LogP contribution in [0, 0.1) is 17.8 Å². The highest BCUT2D eigenvalue weighted by Gasteiger charge is 2.51. The second-order valence-corrected chi connectivity index (χ2v) is 3.83. The van der Waals surface area contributed by atoms with Crippen LogP contribution in [0.15, 0.2) is 0 Å². The molecule has 0 aromatic rings. The Kier molecular flexibility index (Phi) is 1.50. The number of ketones is 1. The van der Waals surface area contributed by atoms with Crippen molar-refractivity contribution < 1.29 is 14.3 Å². The molecule has 0 amide bonds. The van der Waals surface area contributed by atoms with Crippen LogP contribution in [0.1, 0.15) is 20.3 Å². The van der Waals surface area contributed by atoms with Gasteiger partial charge in [-0.05, 0) is 0 Å². The van der Waals surface area contributed by atoms with Crippen molar-refractivity contribution in [3.63, 3.8) is 0 Å². The van der Waals surface area contributed by atoms with E-state index in [0.717, 1.165) is 0 Å². The Morgan fingerprint density at radius 1 is 1.33 bits per heavy atom. The predicted octanol–water partition coefficient (Wildman–Crippen LogP) is 0.773. The summed E-state index contributed by atoms with van der Waals surface area (Å²) in [5.41, 5.74) is 0. The topological polar surface area (TPSA) is 43.4 Å². The van der Waals surface area contributed by atoms with Crippen LogP contribution >= 0.6 is 0 Å². The maximum absolute atomic E-state index is 11.3. The lowest BCUT2D eigenvalue weighted by atomic mass is 9.75. The van der Waals surface area contributed by atoms with Crippen LogP contribution in [-0.4, -0.2) is 17.9 Å². The Balaban J connectivity index is 2.31. The van der Waals surface area contributed by atoms with Crippen LogP contribution in [0.5, 0.6) is 0 Å². The summed E-state index contributed by atoms with van der Waals surface area (Å²) in [6.07, 6.45) is 0.237. The van der Waals surface area contributed by atoms with E-state index < -0.39 is 0 Å². The molecule has 12 heavy (non-hydrogen) atoms. The van der Waals surface area contributed by atoms with E-state index in [4.69, 9.17) is 4.74 Å². The minimum Gasteiger partial charge on any atom is -0.461 e. The van der Waals surface area contributed by atoms with Gasteiger partial charge in [0.1, 0.15) is 11.9 Å². The molecule has 2 fully saturated rings. The molecule has 0 spiro atoms. The van der Waals surface area contributed by atoms with Gasteiger partial charge >= 0.3 is 5.97 Å². The molecule has 0 radical (unpaired) electrons. The van der Waals surface area contributed by atoms with Gasteiger partial charge in [-0.25, -0.2) is 0 Å². The first-order valence-corrected chi connectivity index (χ1v) is 4.34. The van der Waals surface area contributed by atoms with E-state index in [1.807, 2.05) is 13.8 Å². The summed E-state index contributed by atoms with van der Waals surface area (Å²) in [6, 6.07) is 0.